The van der Waals surface area contributed by atoms with Crippen LogP contribution < -0.4 is 16.4 Å². The Morgan fingerprint density at radius 1 is 1.00 bits per heavy atom. The Bertz CT molecular complexity index is 1010. The lowest BCUT2D eigenvalue weighted by atomic mass is 9.70. The molecule has 7 atom stereocenters. The molecule has 4 saturated heterocycles. The molecule has 0 aromatic heterocycles. The van der Waals surface area contributed by atoms with Crippen LogP contribution in [0, 0.1) is 35.5 Å². The van der Waals surface area contributed by atoms with Gasteiger partial charge in [0.15, 0.2) is 0 Å². The number of amides is 1. The van der Waals surface area contributed by atoms with E-state index in [2.05, 4.69) is 32.3 Å². The first-order valence-electron chi connectivity index (χ1n) is 17.3. The van der Waals surface area contributed by atoms with Gasteiger partial charge in [-0.2, -0.15) is 0 Å². The van der Waals surface area contributed by atoms with Gasteiger partial charge in [0.25, 0.3) is 0 Å². The normalized spacial score (nSPS) is 39.3. The summed E-state index contributed by atoms with van der Waals surface area (Å²) in [5, 5.41) is 7.34. The van der Waals surface area contributed by atoms with E-state index in [1.807, 2.05) is 25.1 Å². The summed E-state index contributed by atoms with van der Waals surface area (Å²) in [7, 11) is 4.03. The molecule has 0 spiro atoms. The number of carbonyl (C=O) groups excluding carboxylic acids is 1. The van der Waals surface area contributed by atoms with E-state index in [1.54, 1.807) is 6.08 Å². The van der Waals surface area contributed by atoms with Crippen molar-refractivity contribution in [1.82, 2.24) is 25.3 Å². The second-order valence-electron chi connectivity index (χ2n) is 14.3. The average Bonchev–Trinajstić information content (AvgIpc) is 3.76. The molecule has 1 amide bonds. The van der Waals surface area contributed by atoms with Crippen molar-refractivity contribution < 1.29 is 14.3 Å². The molecule has 0 radical (unpaired) electrons. The molecule has 4 heterocycles. The van der Waals surface area contributed by atoms with Crippen LogP contribution in [0.1, 0.15) is 70.6 Å². The highest BCUT2D eigenvalue weighted by Gasteiger charge is 2.56. The Morgan fingerprint density at radius 2 is 1.79 bits per heavy atom. The second-order valence-corrected chi connectivity index (χ2v) is 14.3. The highest BCUT2D eigenvalue weighted by atomic mass is 16.5. The predicted octanol–water partition coefficient (Wildman–Crippen LogP) is 2.33. The summed E-state index contributed by atoms with van der Waals surface area (Å²) in [6, 6.07) is 0.509. The molecule has 6 aliphatic rings. The van der Waals surface area contributed by atoms with Gasteiger partial charge in [-0.1, -0.05) is 37.2 Å². The SMILES string of the molecule is CN(C)C/C=C/C(=O)N1CCC(C#CC2C(C3CCC(OC4CCCCC4)CC3)C3C(N)NCNC3N2C2CCOC2)C1. The molecule has 6 fully saturated rings. The Hall–Kier alpha value is -1.51. The first-order valence-corrected chi connectivity index (χ1v) is 17.3. The van der Waals surface area contributed by atoms with Crippen LogP contribution in [0.2, 0.25) is 0 Å². The Kier molecular flexibility index (Phi) is 10.8. The van der Waals surface area contributed by atoms with Crippen molar-refractivity contribution in [1.29, 1.82) is 0 Å². The van der Waals surface area contributed by atoms with E-state index < -0.39 is 0 Å². The Morgan fingerprint density at radius 3 is 2.53 bits per heavy atom. The molecule has 43 heavy (non-hydrogen) atoms. The van der Waals surface area contributed by atoms with Crippen LogP contribution in [-0.2, 0) is 14.3 Å². The smallest absolute Gasteiger partial charge is 0.246 e. The maximum absolute atomic E-state index is 12.8. The molecule has 4 aliphatic heterocycles. The summed E-state index contributed by atoms with van der Waals surface area (Å²) < 4.78 is 12.6. The first kappa shape index (κ1) is 31.5. The van der Waals surface area contributed by atoms with E-state index in [0.717, 1.165) is 65.2 Å². The maximum atomic E-state index is 12.8. The van der Waals surface area contributed by atoms with Crippen LogP contribution in [0.15, 0.2) is 12.2 Å². The van der Waals surface area contributed by atoms with E-state index >= 15 is 0 Å². The van der Waals surface area contributed by atoms with Crippen LogP contribution in [0.4, 0.5) is 0 Å². The Balaban J connectivity index is 1.18. The molecule has 9 nitrogen and oxygen atoms in total. The molecular weight excluding hydrogens is 540 g/mol. The minimum atomic E-state index is -0.0439. The number of nitrogens with two attached hydrogens (primary N) is 1. The van der Waals surface area contributed by atoms with Gasteiger partial charge in [-0.3, -0.25) is 20.3 Å². The second kappa shape index (κ2) is 14.7. The van der Waals surface area contributed by atoms with Gasteiger partial charge < -0.3 is 25.0 Å². The fourth-order valence-electron chi connectivity index (χ4n) is 8.87. The molecule has 0 aromatic rings. The third kappa shape index (κ3) is 7.49. The number of nitrogens with zero attached hydrogens (tertiary/aromatic N) is 3. The number of ether oxygens (including phenoxy) is 2. The zero-order chi connectivity index (χ0) is 29.8. The number of hydrogen-bond donors (Lipinski definition) is 3. The van der Waals surface area contributed by atoms with Crippen molar-refractivity contribution in [3.63, 3.8) is 0 Å². The van der Waals surface area contributed by atoms with Crippen LogP contribution >= 0.6 is 0 Å². The van der Waals surface area contributed by atoms with Crippen molar-refractivity contribution in [2.24, 2.45) is 29.4 Å². The number of likely N-dealkylation sites (tertiary alicyclic amines) is 2. The van der Waals surface area contributed by atoms with Gasteiger partial charge in [0, 0.05) is 56.9 Å². The van der Waals surface area contributed by atoms with Crippen molar-refractivity contribution in [3.8, 4) is 11.8 Å². The molecule has 6 rings (SSSR count). The first-order chi connectivity index (χ1) is 21.0. The third-order valence-corrected chi connectivity index (χ3v) is 11.1. The van der Waals surface area contributed by atoms with Crippen molar-refractivity contribution >= 4 is 5.91 Å². The number of rotatable bonds is 7. The van der Waals surface area contributed by atoms with E-state index in [9.17, 15) is 4.79 Å². The summed E-state index contributed by atoms with van der Waals surface area (Å²) in [5.74, 6) is 9.21. The van der Waals surface area contributed by atoms with Gasteiger partial charge in [-0.15, -0.1) is 0 Å². The van der Waals surface area contributed by atoms with Gasteiger partial charge in [0.1, 0.15) is 0 Å². The largest absolute Gasteiger partial charge is 0.380 e. The molecule has 7 unspecified atom stereocenters. The summed E-state index contributed by atoms with van der Waals surface area (Å²) >= 11 is 0. The Labute approximate surface area is 259 Å². The van der Waals surface area contributed by atoms with Gasteiger partial charge in [-0.05, 0) is 77.3 Å². The molecule has 2 aliphatic carbocycles. The van der Waals surface area contributed by atoms with E-state index in [1.165, 1.54) is 44.9 Å². The molecule has 2 saturated carbocycles. The lowest BCUT2D eigenvalue weighted by Crippen LogP contribution is -2.64. The topological polar surface area (TPSA) is 95.3 Å². The van der Waals surface area contributed by atoms with Gasteiger partial charge >= 0.3 is 0 Å². The average molecular weight is 597 g/mol. The van der Waals surface area contributed by atoms with Crippen LogP contribution in [0.5, 0.6) is 0 Å². The predicted molar refractivity (Wildman–Crippen MR) is 169 cm³/mol. The van der Waals surface area contributed by atoms with Gasteiger partial charge in [0.05, 0.1) is 37.2 Å². The van der Waals surface area contributed by atoms with Crippen LogP contribution in [0.3, 0.4) is 0 Å². The highest BCUT2D eigenvalue weighted by Crippen LogP contribution is 2.47. The number of nitrogens with one attached hydrogen (secondary N) is 2. The minimum absolute atomic E-state index is 0.0439. The van der Waals surface area contributed by atoms with Crippen LogP contribution in [0.25, 0.3) is 0 Å². The van der Waals surface area contributed by atoms with E-state index in [-0.39, 0.29) is 30.2 Å². The quantitative estimate of drug-likeness (QED) is 0.305. The summed E-state index contributed by atoms with van der Waals surface area (Å²) in [4.78, 5) is 19.5. The lowest BCUT2D eigenvalue weighted by Gasteiger charge is -2.41. The number of fused-ring (bicyclic) bond motifs is 1. The fraction of sp³-hybridized carbons (Fsp3) is 0.853. The van der Waals surface area contributed by atoms with Gasteiger partial charge in [0.2, 0.25) is 5.91 Å². The zero-order valence-electron chi connectivity index (χ0n) is 26.6. The molecule has 4 N–H and O–H groups in total. The fourth-order valence-corrected chi connectivity index (χ4v) is 8.87. The highest BCUT2D eigenvalue weighted by molar-refractivity contribution is 5.87. The number of likely N-dealkylation sites (N-methyl/N-ethyl adjacent to an activating group) is 1. The van der Waals surface area contributed by atoms with Crippen molar-refractivity contribution in [3.05, 3.63) is 12.2 Å². The van der Waals surface area contributed by atoms with Crippen LogP contribution in [-0.4, -0.2) is 111 Å². The van der Waals surface area contributed by atoms with E-state index in [0.29, 0.717) is 36.0 Å². The number of hydrogen-bond acceptors (Lipinski definition) is 8. The standard InChI is InChI=1S/C34H56N6O3/c1-38(2)18-6-9-30(41)39-19-16-24(21-39)10-15-29-31(25-11-13-28(14-12-25)43-27-7-4-3-5-8-27)32-33(35)36-23-37-34(32)40(29)26-17-20-42-22-26/h6,9,24-29,31-34,36-37H,3-5,7-8,11-14,16-23,35H2,1-2H3/b9-6+. The monoisotopic (exact) mass is 596 g/mol. The zero-order valence-corrected chi connectivity index (χ0v) is 26.6. The molecule has 0 bridgehead atoms. The minimum Gasteiger partial charge on any atom is -0.380 e. The maximum Gasteiger partial charge on any atom is 0.246 e. The van der Waals surface area contributed by atoms with E-state index in [4.69, 9.17) is 15.2 Å². The van der Waals surface area contributed by atoms with Gasteiger partial charge in [-0.25, -0.2) is 0 Å². The summed E-state index contributed by atoms with van der Waals surface area (Å²) in [6.45, 7) is 4.59. The van der Waals surface area contributed by atoms with Crippen molar-refractivity contribution in [2.45, 2.75) is 107 Å². The summed E-state index contributed by atoms with van der Waals surface area (Å²) in [6.07, 6.45) is 17.9. The molecule has 240 valence electrons. The third-order valence-electron chi connectivity index (χ3n) is 11.1. The molecular formula is C34H56N6O3. The number of carbonyl (C=O) groups is 1. The molecule has 9 heteroatoms. The summed E-state index contributed by atoms with van der Waals surface area (Å²) in [5.41, 5.74) is 6.88. The van der Waals surface area contributed by atoms with Crippen molar-refractivity contribution in [2.75, 3.05) is 53.6 Å². The lowest BCUT2D eigenvalue weighted by molar-refractivity contribution is -0.125. The molecule has 0 aromatic carbocycles.